The number of sulfonamides is 1. The number of alkyl halides is 2. The molecule has 0 unspecified atom stereocenters. The molecule has 0 aliphatic heterocycles. The van der Waals surface area contributed by atoms with Crippen molar-refractivity contribution in [2.75, 3.05) is 0 Å². The lowest BCUT2D eigenvalue weighted by Crippen LogP contribution is -2.14. The number of benzene rings is 2. The van der Waals surface area contributed by atoms with Crippen LogP contribution in [0.5, 0.6) is 0 Å². The third-order valence-electron chi connectivity index (χ3n) is 3.54. The Morgan fingerprint density at radius 1 is 1.04 bits per heavy atom. The summed E-state index contributed by atoms with van der Waals surface area (Å²) in [6.07, 6.45) is -2.91. The Hall–Kier alpha value is -2.72. The Morgan fingerprint density at radius 2 is 1.77 bits per heavy atom. The van der Waals surface area contributed by atoms with Gasteiger partial charge in [0.05, 0.1) is 11.4 Å². The summed E-state index contributed by atoms with van der Waals surface area (Å²) in [5, 5.41) is 8.63. The van der Waals surface area contributed by atoms with Crippen molar-refractivity contribution in [1.82, 2.24) is 9.78 Å². The molecule has 136 valence electrons. The van der Waals surface area contributed by atoms with Crippen molar-refractivity contribution >= 4 is 10.0 Å². The molecule has 1 heterocycles. The van der Waals surface area contributed by atoms with E-state index < -0.39 is 38.7 Å². The van der Waals surface area contributed by atoms with Crippen molar-refractivity contribution in [3.63, 3.8) is 0 Å². The average molecular weight is 385 g/mol. The van der Waals surface area contributed by atoms with Crippen LogP contribution >= 0.6 is 0 Å². The Labute approximate surface area is 145 Å². The molecular formula is C16H11F4N3O2S. The fourth-order valence-corrected chi connectivity index (χ4v) is 3.00. The molecule has 0 atom stereocenters. The van der Waals surface area contributed by atoms with Crippen LogP contribution in [-0.2, 0) is 10.0 Å². The smallest absolute Gasteiger partial charge is 0.233 e. The summed E-state index contributed by atoms with van der Waals surface area (Å²) in [7, 11) is -4.28. The second-order valence-corrected chi connectivity index (χ2v) is 6.87. The molecule has 26 heavy (non-hydrogen) atoms. The number of nitrogens with zero attached hydrogens (tertiary/aromatic N) is 2. The van der Waals surface area contributed by atoms with E-state index in [1.165, 1.54) is 24.3 Å². The minimum absolute atomic E-state index is 0.0331. The van der Waals surface area contributed by atoms with E-state index in [2.05, 4.69) is 5.10 Å². The van der Waals surface area contributed by atoms with Gasteiger partial charge in [-0.25, -0.2) is 35.8 Å². The van der Waals surface area contributed by atoms with Gasteiger partial charge in [-0.3, -0.25) is 0 Å². The van der Waals surface area contributed by atoms with Crippen molar-refractivity contribution in [3.05, 3.63) is 65.9 Å². The van der Waals surface area contributed by atoms with Gasteiger partial charge < -0.3 is 0 Å². The monoisotopic (exact) mass is 385 g/mol. The van der Waals surface area contributed by atoms with Gasteiger partial charge >= 0.3 is 0 Å². The van der Waals surface area contributed by atoms with Crippen LogP contribution in [0.3, 0.4) is 0 Å². The molecular weight excluding hydrogens is 374 g/mol. The fourth-order valence-electron chi connectivity index (χ4n) is 2.41. The maximum atomic E-state index is 14.1. The number of aromatic nitrogens is 2. The van der Waals surface area contributed by atoms with Gasteiger partial charge in [-0.2, -0.15) is 5.10 Å². The minimum Gasteiger partial charge on any atom is -0.233 e. The van der Waals surface area contributed by atoms with Crippen molar-refractivity contribution in [2.24, 2.45) is 5.14 Å². The Bertz CT molecular complexity index is 1080. The van der Waals surface area contributed by atoms with E-state index in [1.54, 1.807) is 0 Å². The van der Waals surface area contributed by atoms with Gasteiger partial charge in [0.15, 0.2) is 0 Å². The van der Waals surface area contributed by atoms with E-state index in [1.807, 2.05) is 0 Å². The van der Waals surface area contributed by atoms with Crippen LogP contribution in [-0.4, -0.2) is 18.2 Å². The molecule has 0 saturated heterocycles. The molecule has 5 nitrogen and oxygen atoms in total. The topological polar surface area (TPSA) is 78.0 Å². The van der Waals surface area contributed by atoms with E-state index in [-0.39, 0.29) is 16.9 Å². The Kier molecular flexibility index (Phi) is 4.55. The predicted molar refractivity (Wildman–Crippen MR) is 85.2 cm³/mol. The van der Waals surface area contributed by atoms with Gasteiger partial charge in [0.2, 0.25) is 10.0 Å². The lowest BCUT2D eigenvalue weighted by atomic mass is 10.1. The van der Waals surface area contributed by atoms with E-state index in [9.17, 15) is 26.0 Å². The summed E-state index contributed by atoms with van der Waals surface area (Å²) in [6.45, 7) is 0. The molecule has 0 aliphatic rings. The molecule has 2 aromatic carbocycles. The molecule has 0 amide bonds. The highest BCUT2D eigenvalue weighted by molar-refractivity contribution is 7.89. The number of nitrogens with two attached hydrogens (primary N) is 1. The van der Waals surface area contributed by atoms with Crippen LogP contribution in [0.25, 0.3) is 16.9 Å². The second kappa shape index (κ2) is 6.54. The highest BCUT2D eigenvalue weighted by Gasteiger charge is 2.20. The van der Waals surface area contributed by atoms with Gasteiger partial charge in [0.25, 0.3) is 6.43 Å². The SMILES string of the molecule is NS(=O)(=O)c1ccc(-c2cc(C(F)F)nn2-c2cccc(F)c2)cc1F. The Balaban J connectivity index is 2.20. The van der Waals surface area contributed by atoms with Crippen LogP contribution in [0.4, 0.5) is 17.6 Å². The lowest BCUT2D eigenvalue weighted by Gasteiger charge is -2.09. The molecule has 0 fully saturated rings. The fraction of sp³-hybridized carbons (Fsp3) is 0.0625. The number of hydrogen-bond acceptors (Lipinski definition) is 3. The van der Waals surface area contributed by atoms with E-state index in [0.29, 0.717) is 0 Å². The summed E-state index contributed by atoms with van der Waals surface area (Å²) in [4.78, 5) is -0.729. The first-order valence-electron chi connectivity index (χ1n) is 7.13. The molecule has 1 aromatic heterocycles. The van der Waals surface area contributed by atoms with Gasteiger partial charge in [-0.05, 0) is 36.4 Å². The maximum Gasteiger partial charge on any atom is 0.282 e. The lowest BCUT2D eigenvalue weighted by molar-refractivity contribution is 0.145. The molecule has 0 spiro atoms. The number of primary sulfonamides is 1. The molecule has 0 saturated carbocycles. The summed E-state index contributed by atoms with van der Waals surface area (Å²) >= 11 is 0. The van der Waals surface area contributed by atoms with Gasteiger partial charge in [0, 0.05) is 5.56 Å². The van der Waals surface area contributed by atoms with E-state index in [0.717, 1.165) is 28.9 Å². The number of halogens is 4. The molecule has 0 bridgehead atoms. The third-order valence-corrected chi connectivity index (χ3v) is 4.48. The summed E-state index contributed by atoms with van der Waals surface area (Å²) in [5.41, 5.74) is -0.354. The third kappa shape index (κ3) is 3.46. The van der Waals surface area contributed by atoms with Crippen LogP contribution < -0.4 is 5.14 Å². The van der Waals surface area contributed by atoms with Crippen molar-refractivity contribution in [1.29, 1.82) is 0 Å². The quantitative estimate of drug-likeness (QED) is 0.699. The van der Waals surface area contributed by atoms with Crippen molar-refractivity contribution in [3.8, 4) is 16.9 Å². The van der Waals surface area contributed by atoms with Gasteiger partial charge in [0.1, 0.15) is 22.2 Å². The van der Waals surface area contributed by atoms with Crippen LogP contribution in [0, 0.1) is 11.6 Å². The zero-order valence-electron chi connectivity index (χ0n) is 12.9. The molecule has 10 heteroatoms. The van der Waals surface area contributed by atoms with Crippen LogP contribution in [0.1, 0.15) is 12.1 Å². The highest BCUT2D eigenvalue weighted by Crippen LogP contribution is 2.30. The van der Waals surface area contributed by atoms with Gasteiger partial charge in [-0.15, -0.1) is 0 Å². The molecule has 3 aromatic rings. The zero-order chi connectivity index (χ0) is 19.1. The largest absolute Gasteiger partial charge is 0.282 e. The van der Waals surface area contributed by atoms with Crippen LogP contribution in [0.2, 0.25) is 0 Å². The van der Waals surface area contributed by atoms with Gasteiger partial charge in [-0.1, -0.05) is 12.1 Å². The normalized spacial score (nSPS) is 11.9. The molecule has 0 radical (unpaired) electrons. The van der Waals surface area contributed by atoms with Crippen molar-refractivity contribution in [2.45, 2.75) is 11.3 Å². The summed E-state index contributed by atoms with van der Waals surface area (Å²) < 4.78 is 77.3. The first kappa shape index (κ1) is 18.1. The molecule has 2 N–H and O–H groups in total. The molecule has 0 aliphatic carbocycles. The average Bonchev–Trinajstić information content (AvgIpc) is 2.99. The maximum absolute atomic E-state index is 14.1. The van der Waals surface area contributed by atoms with E-state index >= 15 is 0 Å². The first-order chi connectivity index (χ1) is 12.2. The Morgan fingerprint density at radius 3 is 2.35 bits per heavy atom. The van der Waals surface area contributed by atoms with Crippen molar-refractivity contribution < 1.29 is 26.0 Å². The molecule has 3 rings (SSSR count). The van der Waals surface area contributed by atoms with E-state index in [4.69, 9.17) is 5.14 Å². The summed E-state index contributed by atoms with van der Waals surface area (Å²) in [6, 6.07) is 9.01. The first-order valence-corrected chi connectivity index (χ1v) is 8.68. The highest BCUT2D eigenvalue weighted by atomic mass is 32.2. The summed E-state index contributed by atoms with van der Waals surface area (Å²) in [5.74, 6) is -1.76. The number of hydrogen-bond donors (Lipinski definition) is 1. The zero-order valence-corrected chi connectivity index (χ0v) is 13.7. The standard InChI is InChI=1S/C16H11F4N3O2S/c17-10-2-1-3-11(7-10)23-14(8-13(22-23)16(19)20)9-4-5-15(12(18)6-9)26(21,24)25/h1-8,16H,(H2,21,24,25). The second-order valence-electron chi connectivity index (χ2n) is 5.34. The minimum atomic E-state index is -4.28. The predicted octanol–water partition coefficient (Wildman–Crippen LogP) is 3.40. The van der Waals surface area contributed by atoms with Crippen LogP contribution in [0.15, 0.2) is 53.4 Å². The number of rotatable bonds is 4.